The van der Waals surface area contributed by atoms with Gasteiger partial charge in [0.15, 0.2) is 0 Å². The molecule has 0 fully saturated rings. The molecule has 0 bridgehead atoms. The molecule has 5 nitrogen and oxygen atoms in total. The molecule has 0 heterocycles. The van der Waals surface area contributed by atoms with Gasteiger partial charge in [0, 0.05) is 0 Å². The standard InChI is InChI=1S/C15H11FN2O3/c16-13-4-2-1-3-12(13)14(19)18-17-9-10-5-7-11(8-6-10)15(20)21/h1-9H,(H,18,19)(H,20,21)/b17-9+. The summed E-state index contributed by atoms with van der Waals surface area (Å²) in [5, 5.41) is 12.4. The van der Waals surface area contributed by atoms with Crippen LogP contribution in [-0.4, -0.2) is 23.2 Å². The number of amides is 1. The minimum atomic E-state index is -1.02. The van der Waals surface area contributed by atoms with Gasteiger partial charge in [-0.1, -0.05) is 24.3 Å². The maximum Gasteiger partial charge on any atom is 0.335 e. The molecular weight excluding hydrogens is 275 g/mol. The number of hydrazone groups is 1. The van der Waals surface area contributed by atoms with E-state index in [9.17, 15) is 14.0 Å². The van der Waals surface area contributed by atoms with Crippen LogP contribution in [0.5, 0.6) is 0 Å². The van der Waals surface area contributed by atoms with Gasteiger partial charge < -0.3 is 5.11 Å². The quantitative estimate of drug-likeness (QED) is 0.668. The van der Waals surface area contributed by atoms with Gasteiger partial charge in [0.2, 0.25) is 0 Å². The number of hydrogen-bond acceptors (Lipinski definition) is 3. The molecule has 106 valence electrons. The van der Waals surface area contributed by atoms with Crippen LogP contribution in [0, 0.1) is 5.82 Å². The number of rotatable bonds is 4. The molecule has 0 saturated heterocycles. The second-order valence-electron chi connectivity index (χ2n) is 4.11. The maximum atomic E-state index is 13.3. The van der Waals surface area contributed by atoms with Crippen molar-refractivity contribution in [2.24, 2.45) is 5.10 Å². The number of hydrogen-bond donors (Lipinski definition) is 2. The van der Waals surface area contributed by atoms with E-state index in [1.54, 1.807) is 18.2 Å². The lowest BCUT2D eigenvalue weighted by molar-refractivity contribution is 0.0696. The predicted octanol–water partition coefficient (Wildman–Crippen LogP) is 2.29. The van der Waals surface area contributed by atoms with Crippen LogP contribution in [0.2, 0.25) is 0 Å². The van der Waals surface area contributed by atoms with Crippen molar-refractivity contribution >= 4 is 18.1 Å². The number of carbonyl (C=O) groups excluding carboxylic acids is 1. The summed E-state index contributed by atoms with van der Waals surface area (Å²) < 4.78 is 13.3. The molecule has 0 aliphatic carbocycles. The van der Waals surface area contributed by atoms with Crippen molar-refractivity contribution in [2.75, 3.05) is 0 Å². The Morgan fingerprint density at radius 2 is 1.76 bits per heavy atom. The highest BCUT2D eigenvalue weighted by atomic mass is 19.1. The number of benzene rings is 2. The van der Waals surface area contributed by atoms with E-state index in [0.717, 1.165) is 0 Å². The molecule has 21 heavy (non-hydrogen) atoms. The number of halogens is 1. The average molecular weight is 286 g/mol. The first-order valence-electron chi connectivity index (χ1n) is 5.99. The number of nitrogens with zero attached hydrogens (tertiary/aromatic N) is 1. The fraction of sp³-hybridized carbons (Fsp3) is 0. The van der Waals surface area contributed by atoms with Crippen molar-refractivity contribution < 1.29 is 19.1 Å². The maximum absolute atomic E-state index is 13.3. The first-order chi connectivity index (χ1) is 10.1. The Balaban J connectivity index is 2.01. The monoisotopic (exact) mass is 286 g/mol. The highest BCUT2D eigenvalue weighted by Gasteiger charge is 2.09. The van der Waals surface area contributed by atoms with Gasteiger partial charge in [-0.05, 0) is 29.8 Å². The molecule has 1 amide bonds. The van der Waals surface area contributed by atoms with Crippen LogP contribution in [0.15, 0.2) is 53.6 Å². The van der Waals surface area contributed by atoms with Gasteiger partial charge in [0.25, 0.3) is 5.91 Å². The first-order valence-corrected chi connectivity index (χ1v) is 5.99. The van der Waals surface area contributed by atoms with Gasteiger partial charge in [-0.2, -0.15) is 5.10 Å². The van der Waals surface area contributed by atoms with Crippen molar-refractivity contribution in [3.05, 3.63) is 71.0 Å². The number of aromatic carboxylic acids is 1. The van der Waals surface area contributed by atoms with E-state index >= 15 is 0 Å². The lowest BCUT2D eigenvalue weighted by atomic mass is 10.1. The van der Waals surface area contributed by atoms with Gasteiger partial charge in [0.1, 0.15) is 5.82 Å². The van der Waals surface area contributed by atoms with E-state index in [-0.39, 0.29) is 11.1 Å². The van der Waals surface area contributed by atoms with Gasteiger partial charge in [0.05, 0.1) is 17.3 Å². The number of nitrogens with one attached hydrogen (secondary N) is 1. The number of carbonyl (C=O) groups is 2. The smallest absolute Gasteiger partial charge is 0.335 e. The zero-order valence-corrected chi connectivity index (χ0v) is 10.8. The van der Waals surface area contributed by atoms with E-state index in [1.807, 2.05) is 0 Å². The molecule has 2 aromatic rings. The molecule has 2 N–H and O–H groups in total. The van der Waals surface area contributed by atoms with E-state index in [1.165, 1.54) is 36.5 Å². The third-order valence-electron chi connectivity index (χ3n) is 2.66. The second-order valence-corrected chi connectivity index (χ2v) is 4.11. The molecular formula is C15H11FN2O3. The Kier molecular flexibility index (Phi) is 4.40. The Hall–Kier alpha value is -3.02. The largest absolute Gasteiger partial charge is 0.478 e. The van der Waals surface area contributed by atoms with Gasteiger partial charge >= 0.3 is 5.97 Å². The normalized spacial score (nSPS) is 10.5. The highest BCUT2D eigenvalue weighted by molar-refractivity contribution is 5.95. The third kappa shape index (κ3) is 3.73. The van der Waals surface area contributed by atoms with Crippen molar-refractivity contribution in [3.63, 3.8) is 0 Å². The van der Waals surface area contributed by atoms with Gasteiger partial charge in [-0.25, -0.2) is 14.6 Å². The molecule has 0 unspecified atom stereocenters. The van der Waals surface area contributed by atoms with Crippen molar-refractivity contribution in [1.82, 2.24) is 5.43 Å². The molecule has 0 radical (unpaired) electrons. The summed E-state index contributed by atoms with van der Waals surface area (Å²) in [5.74, 6) is -2.31. The van der Waals surface area contributed by atoms with Crippen LogP contribution in [-0.2, 0) is 0 Å². The predicted molar refractivity (Wildman–Crippen MR) is 74.9 cm³/mol. The summed E-state index contributed by atoms with van der Waals surface area (Å²) in [7, 11) is 0. The van der Waals surface area contributed by atoms with Crippen LogP contribution in [0.4, 0.5) is 4.39 Å². The van der Waals surface area contributed by atoms with Crippen LogP contribution in [0.3, 0.4) is 0 Å². The van der Waals surface area contributed by atoms with Gasteiger partial charge in [-0.3, -0.25) is 4.79 Å². The van der Waals surface area contributed by atoms with E-state index in [4.69, 9.17) is 5.11 Å². The SMILES string of the molecule is O=C(O)c1ccc(/C=N/NC(=O)c2ccccc2F)cc1. The molecule has 2 aromatic carbocycles. The Morgan fingerprint density at radius 3 is 2.38 bits per heavy atom. The lowest BCUT2D eigenvalue weighted by Crippen LogP contribution is -2.18. The molecule has 0 spiro atoms. The summed E-state index contributed by atoms with van der Waals surface area (Å²) in [4.78, 5) is 22.3. The van der Waals surface area contributed by atoms with Gasteiger partial charge in [-0.15, -0.1) is 0 Å². The molecule has 0 aromatic heterocycles. The molecule has 6 heteroatoms. The van der Waals surface area contributed by atoms with Crippen molar-refractivity contribution in [1.29, 1.82) is 0 Å². The third-order valence-corrected chi connectivity index (χ3v) is 2.66. The summed E-state index contributed by atoms with van der Waals surface area (Å²) in [6.07, 6.45) is 1.34. The van der Waals surface area contributed by atoms with Crippen LogP contribution in [0.1, 0.15) is 26.3 Å². The zero-order valence-electron chi connectivity index (χ0n) is 10.8. The Labute approximate surface area is 119 Å². The lowest BCUT2D eigenvalue weighted by Gasteiger charge is -2.00. The van der Waals surface area contributed by atoms with Crippen molar-refractivity contribution in [3.8, 4) is 0 Å². The second kappa shape index (κ2) is 6.42. The zero-order chi connectivity index (χ0) is 15.2. The minimum absolute atomic E-state index is 0.101. The summed E-state index contributed by atoms with van der Waals surface area (Å²) >= 11 is 0. The average Bonchev–Trinajstić information content (AvgIpc) is 2.48. The molecule has 0 aliphatic rings. The van der Waals surface area contributed by atoms with E-state index in [0.29, 0.717) is 5.56 Å². The molecule has 2 rings (SSSR count). The topological polar surface area (TPSA) is 78.8 Å². The summed E-state index contributed by atoms with van der Waals surface area (Å²) in [5.41, 5.74) is 2.86. The van der Waals surface area contributed by atoms with Crippen LogP contribution in [0.25, 0.3) is 0 Å². The fourth-order valence-electron chi connectivity index (χ4n) is 1.58. The first kappa shape index (κ1) is 14.4. The molecule has 0 aliphatic heterocycles. The summed E-state index contributed by atoms with van der Waals surface area (Å²) in [6, 6.07) is 11.5. The summed E-state index contributed by atoms with van der Waals surface area (Å²) in [6.45, 7) is 0. The van der Waals surface area contributed by atoms with Crippen LogP contribution >= 0.6 is 0 Å². The Morgan fingerprint density at radius 1 is 1.10 bits per heavy atom. The van der Waals surface area contributed by atoms with Crippen molar-refractivity contribution in [2.45, 2.75) is 0 Å². The number of carboxylic acid groups (broad SMARTS) is 1. The molecule has 0 atom stereocenters. The van der Waals surface area contributed by atoms with E-state index < -0.39 is 17.7 Å². The highest BCUT2D eigenvalue weighted by Crippen LogP contribution is 2.06. The fourth-order valence-corrected chi connectivity index (χ4v) is 1.58. The minimum Gasteiger partial charge on any atom is -0.478 e. The van der Waals surface area contributed by atoms with E-state index in [2.05, 4.69) is 10.5 Å². The Bertz CT molecular complexity index is 696. The van der Waals surface area contributed by atoms with Crippen LogP contribution < -0.4 is 5.43 Å². The number of carboxylic acids is 1. The molecule has 0 saturated carbocycles.